The first kappa shape index (κ1) is 16.4. The molecule has 1 N–H and O–H groups in total. The molecule has 19 heavy (non-hydrogen) atoms. The van der Waals surface area contributed by atoms with Gasteiger partial charge in [-0.05, 0) is 37.0 Å². The Morgan fingerprint density at radius 2 is 2.05 bits per heavy atom. The predicted molar refractivity (Wildman–Crippen MR) is 77.8 cm³/mol. The second kappa shape index (κ2) is 6.20. The van der Waals surface area contributed by atoms with Crippen LogP contribution in [0.2, 0.25) is 18.1 Å². The summed E-state index contributed by atoms with van der Waals surface area (Å²) in [5.74, 6) is -0.944. The van der Waals surface area contributed by atoms with Gasteiger partial charge in [-0.1, -0.05) is 20.8 Å². The van der Waals surface area contributed by atoms with Crippen LogP contribution < -0.4 is 0 Å². The summed E-state index contributed by atoms with van der Waals surface area (Å²) in [5.41, 5.74) is 0. The molecule has 0 amide bonds. The first-order valence-corrected chi connectivity index (χ1v) is 9.75. The van der Waals surface area contributed by atoms with Crippen LogP contribution in [0.15, 0.2) is 12.2 Å². The lowest BCUT2D eigenvalue weighted by atomic mass is 10.1. The summed E-state index contributed by atoms with van der Waals surface area (Å²) < 4.78 is 12.0. The maximum absolute atomic E-state index is 10.6. The molecule has 0 aliphatic carbocycles. The summed E-state index contributed by atoms with van der Waals surface area (Å²) in [4.78, 5) is 10.6. The van der Waals surface area contributed by atoms with Gasteiger partial charge in [0.05, 0.1) is 6.10 Å². The van der Waals surface area contributed by atoms with E-state index in [9.17, 15) is 4.79 Å². The number of carboxylic acids is 1. The van der Waals surface area contributed by atoms with Gasteiger partial charge < -0.3 is 14.3 Å². The average molecular weight is 286 g/mol. The van der Waals surface area contributed by atoms with Gasteiger partial charge in [-0.15, -0.1) is 0 Å². The van der Waals surface area contributed by atoms with E-state index in [4.69, 9.17) is 14.3 Å². The van der Waals surface area contributed by atoms with Crippen molar-refractivity contribution < 1.29 is 19.1 Å². The van der Waals surface area contributed by atoms with Crippen LogP contribution in [0.25, 0.3) is 0 Å². The third-order valence-electron chi connectivity index (χ3n) is 3.99. The molecule has 0 aromatic heterocycles. The maximum Gasteiger partial charge on any atom is 0.328 e. The van der Waals surface area contributed by atoms with E-state index in [2.05, 4.69) is 33.9 Å². The number of rotatable bonds is 4. The second-order valence-electron chi connectivity index (χ2n) is 6.59. The third-order valence-corrected chi connectivity index (χ3v) is 8.49. The highest BCUT2D eigenvalue weighted by Gasteiger charge is 2.41. The smallest absolute Gasteiger partial charge is 0.328 e. The lowest BCUT2D eigenvalue weighted by Crippen LogP contribution is -2.48. The van der Waals surface area contributed by atoms with Crippen molar-refractivity contribution in [1.82, 2.24) is 0 Å². The normalized spacial score (nSPS) is 25.7. The molecule has 2 atom stereocenters. The number of carboxylic acid groups (broad SMARTS) is 1. The topological polar surface area (TPSA) is 55.8 Å². The molecule has 0 unspecified atom stereocenters. The lowest BCUT2D eigenvalue weighted by Gasteiger charge is -2.42. The molecule has 110 valence electrons. The summed E-state index contributed by atoms with van der Waals surface area (Å²) in [6.07, 6.45) is 4.40. The van der Waals surface area contributed by atoms with Crippen LogP contribution in [0.4, 0.5) is 0 Å². The standard InChI is InChI=1S/C14H26O4Si/c1-14(2,3)19(4,5)18-12-7-6-10-17-11(12)8-9-13(15)16/h8-9,11-12H,6-7,10H2,1-5H3,(H,15,16)/b9-8+/t11-,12-/m1/s1. The van der Waals surface area contributed by atoms with Crippen LogP contribution in [0.1, 0.15) is 33.6 Å². The van der Waals surface area contributed by atoms with E-state index in [-0.39, 0.29) is 17.2 Å². The number of hydrogen-bond donors (Lipinski definition) is 1. The Morgan fingerprint density at radius 1 is 1.42 bits per heavy atom. The number of hydrogen-bond acceptors (Lipinski definition) is 3. The minimum absolute atomic E-state index is 0.0229. The highest BCUT2D eigenvalue weighted by Crippen LogP contribution is 2.38. The fourth-order valence-electron chi connectivity index (χ4n) is 1.81. The zero-order chi connectivity index (χ0) is 14.7. The van der Waals surface area contributed by atoms with Crippen LogP contribution >= 0.6 is 0 Å². The van der Waals surface area contributed by atoms with Gasteiger partial charge in [-0.3, -0.25) is 0 Å². The first-order valence-electron chi connectivity index (χ1n) is 6.84. The summed E-state index contributed by atoms with van der Waals surface area (Å²) in [7, 11) is -1.85. The van der Waals surface area contributed by atoms with E-state index in [1.807, 2.05) is 0 Å². The second-order valence-corrected chi connectivity index (χ2v) is 11.3. The number of aliphatic carboxylic acids is 1. The Kier molecular flexibility index (Phi) is 5.35. The fraction of sp³-hybridized carbons (Fsp3) is 0.786. The maximum atomic E-state index is 10.6. The quantitative estimate of drug-likeness (QED) is 0.637. The third kappa shape index (κ3) is 4.74. The van der Waals surface area contributed by atoms with E-state index in [1.54, 1.807) is 6.08 Å². The molecule has 0 spiro atoms. The molecule has 1 rings (SSSR count). The molecule has 1 saturated heterocycles. The van der Waals surface area contributed by atoms with Crippen molar-refractivity contribution in [2.45, 2.75) is 64.0 Å². The van der Waals surface area contributed by atoms with Crippen molar-refractivity contribution in [1.29, 1.82) is 0 Å². The van der Waals surface area contributed by atoms with E-state index in [0.29, 0.717) is 6.61 Å². The van der Waals surface area contributed by atoms with Crippen molar-refractivity contribution in [2.75, 3.05) is 6.61 Å². The molecule has 0 saturated carbocycles. The molecule has 5 heteroatoms. The lowest BCUT2D eigenvalue weighted by molar-refractivity contribution is -0.131. The zero-order valence-electron chi connectivity index (χ0n) is 12.6. The van der Waals surface area contributed by atoms with Crippen molar-refractivity contribution >= 4 is 14.3 Å². The van der Waals surface area contributed by atoms with Crippen LogP contribution in [0.5, 0.6) is 0 Å². The van der Waals surface area contributed by atoms with Gasteiger partial charge in [-0.25, -0.2) is 4.79 Å². The Hall–Kier alpha value is -0.653. The molecule has 4 nitrogen and oxygen atoms in total. The fourth-order valence-corrected chi connectivity index (χ4v) is 3.18. The number of carbonyl (C=O) groups is 1. The molecule has 0 bridgehead atoms. The summed E-state index contributed by atoms with van der Waals surface area (Å²) in [6.45, 7) is 11.7. The van der Waals surface area contributed by atoms with Gasteiger partial charge in [-0.2, -0.15) is 0 Å². The largest absolute Gasteiger partial charge is 0.478 e. The highest BCUT2D eigenvalue weighted by molar-refractivity contribution is 6.74. The van der Waals surface area contributed by atoms with Gasteiger partial charge >= 0.3 is 5.97 Å². The van der Waals surface area contributed by atoms with Gasteiger partial charge in [0, 0.05) is 12.7 Å². The summed E-state index contributed by atoms with van der Waals surface area (Å²) in [6, 6.07) is 0. The highest BCUT2D eigenvalue weighted by atomic mass is 28.4. The van der Waals surface area contributed by atoms with Gasteiger partial charge in [0.2, 0.25) is 0 Å². The molecule has 0 aromatic carbocycles. The molecule has 1 aliphatic heterocycles. The Labute approximate surface area is 116 Å². The monoisotopic (exact) mass is 286 g/mol. The van der Waals surface area contributed by atoms with E-state index in [0.717, 1.165) is 18.9 Å². The Bertz CT molecular complexity index is 344. The Balaban J connectivity index is 2.75. The molecule has 1 heterocycles. The first-order chi connectivity index (χ1) is 8.63. The van der Waals surface area contributed by atoms with Gasteiger partial charge in [0.25, 0.3) is 0 Å². The minimum atomic E-state index is -1.85. The zero-order valence-corrected chi connectivity index (χ0v) is 13.6. The molecular formula is C14H26O4Si. The van der Waals surface area contributed by atoms with Crippen molar-refractivity contribution in [3.8, 4) is 0 Å². The van der Waals surface area contributed by atoms with Crippen molar-refractivity contribution in [3.63, 3.8) is 0 Å². The van der Waals surface area contributed by atoms with Crippen molar-refractivity contribution in [3.05, 3.63) is 12.2 Å². The van der Waals surface area contributed by atoms with Crippen LogP contribution in [0, 0.1) is 0 Å². The van der Waals surface area contributed by atoms with Crippen LogP contribution in [-0.4, -0.2) is 38.2 Å². The summed E-state index contributed by atoms with van der Waals surface area (Å²) >= 11 is 0. The molecule has 0 radical (unpaired) electrons. The number of ether oxygens (including phenoxy) is 1. The molecule has 1 aliphatic rings. The summed E-state index contributed by atoms with van der Waals surface area (Å²) in [5, 5.41) is 8.86. The van der Waals surface area contributed by atoms with Gasteiger partial charge in [0.1, 0.15) is 6.10 Å². The van der Waals surface area contributed by atoms with Crippen molar-refractivity contribution in [2.24, 2.45) is 0 Å². The average Bonchev–Trinajstić information content (AvgIpc) is 2.25. The van der Waals surface area contributed by atoms with E-state index >= 15 is 0 Å². The van der Waals surface area contributed by atoms with E-state index < -0.39 is 14.3 Å². The molecule has 1 fully saturated rings. The molecular weight excluding hydrogens is 260 g/mol. The van der Waals surface area contributed by atoms with Crippen LogP contribution in [-0.2, 0) is 14.0 Å². The minimum Gasteiger partial charge on any atom is -0.478 e. The Morgan fingerprint density at radius 3 is 2.58 bits per heavy atom. The SMILES string of the molecule is CC(C)(C)[Si](C)(C)O[C@@H]1CCCO[C@@H]1/C=C/C(=O)O. The molecule has 0 aromatic rings. The van der Waals surface area contributed by atoms with Gasteiger partial charge in [0.15, 0.2) is 8.32 Å². The van der Waals surface area contributed by atoms with E-state index in [1.165, 1.54) is 0 Å². The predicted octanol–water partition coefficient (Wildman–Crippen LogP) is 3.20. The van der Waals surface area contributed by atoms with Crippen LogP contribution in [0.3, 0.4) is 0 Å².